The summed E-state index contributed by atoms with van der Waals surface area (Å²) in [4.78, 5) is 12.5. The van der Waals surface area contributed by atoms with Crippen LogP contribution in [-0.2, 0) is 14.8 Å². The molecular formula is C16H14Cl2F2N2O3S. The molecule has 140 valence electrons. The maximum Gasteiger partial charge on any atom is 0.247 e. The van der Waals surface area contributed by atoms with Crippen LogP contribution < -0.4 is 9.62 Å². The summed E-state index contributed by atoms with van der Waals surface area (Å²) in [5, 5.41) is 3.05. The standard InChI is InChI=1S/C16H14Cl2F2N2O3S/c1-9(16(23)21-12-6-10(17)5-11(18)7-12)22(26(2,24)25)13-3-4-14(19)15(20)8-13/h3-9H,1-2H3,(H,21,23). The Morgan fingerprint density at radius 1 is 1.08 bits per heavy atom. The smallest absolute Gasteiger partial charge is 0.247 e. The fourth-order valence-electron chi connectivity index (χ4n) is 2.30. The molecule has 2 rings (SSSR count). The first kappa shape index (κ1) is 20.4. The van der Waals surface area contributed by atoms with Crippen molar-refractivity contribution < 1.29 is 22.0 Å². The summed E-state index contributed by atoms with van der Waals surface area (Å²) in [5.74, 6) is -3.07. The summed E-state index contributed by atoms with van der Waals surface area (Å²) < 4.78 is 51.6. The molecule has 0 bridgehead atoms. The van der Waals surface area contributed by atoms with Gasteiger partial charge >= 0.3 is 0 Å². The summed E-state index contributed by atoms with van der Waals surface area (Å²) in [6.45, 7) is 1.31. The van der Waals surface area contributed by atoms with Crippen molar-refractivity contribution in [3.63, 3.8) is 0 Å². The van der Waals surface area contributed by atoms with Crippen LogP contribution in [0.2, 0.25) is 10.0 Å². The molecule has 26 heavy (non-hydrogen) atoms. The van der Waals surface area contributed by atoms with Crippen molar-refractivity contribution in [2.24, 2.45) is 0 Å². The van der Waals surface area contributed by atoms with Gasteiger partial charge in [0.05, 0.1) is 11.9 Å². The predicted octanol–water partition coefficient (Wildman–Crippen LogP) is 4.06. The number of nitrogens with one attached hydrogen (secondary N) is 1. The Labute approximate surface area is 159 Å². The Hall–Kier alpha value is -1.90. The summed E-state index contributed by atoms with van der Waals surface area (Å²) in [7, 11) is -3.97. The third-order valence-corrected chi connectivity index (χ3v) is 5.05. The molecule has 1 atom stereocenters. The van der Waals surface area contributed by atoms with E-state index in [1.54, 1.807) is 0 Å². The molecule has 10 heteroatoms. The zero-order valence-corrected chi connectivity index (χ0v) is 16.0. The van der Waals surface area contributed by atoms with Crippen LogP contribution in [0.3, 0.4) is 0 Å². The average Bonchev–Trinajstić information content (AvgIpc) is 2.48. The highest BCUT2D eigenvalue weighted by Gasteiger charge is 2.30. The van der Waals surface area contributed by atoms with Gasteiger partial charge in [0, 0.05) is 21.8 Å². The summed E-state index contributed by atoms with van der Waals surface area (Å²) >= 11 is 11.7. The molecule has 0 aliphatic heterocycles. The average molecular weight is 423 g/mol. The summed E-state index contributed by atoms with van der Waals surface area (Å²) in [5.41, 5.74) is 0.0799. The van der Waals surface area contributed by atoms with E-state index in [1.165, 1.54) is 25.1 Å². The number of halogens is 4. The molecule has 1 amide bonds. The highest BCUT2D eigenvalue weighted by atomic mass is 35.5. The van der Waals surface area contributed by atoms with Crippen LogP contribution in [0.4, 0.5) is 20.2 Å². The molecule has 0 aliphatic rings. The second-order valence-electron chi connectivity index (χ2n) is 5.48. The molecule has 0 saturated heterocycles. The monoisotopic (exact) mass is 422 g/mol. The Bertz CT molecular complexity index is 934. The molecule has 2 aromatic carbocycles. The van der Waals surface area contributed by atoms with Gasteiger partial charge in [-0.1, -0.05) is 23.2 Å². The first-order valence-electron chi connectivity index (χ1n) is 7.20. The third kappa shape index (κ3) is 4.84. The van der Waals surface area contributed by atoms with Crippen molar-refractivity contribution in [3.8, 4) is 0 Å². The van der Waals surface area contributed by atoms with E-state index in [0.717, 1.165) is 18.4 Å². The van der Waals surface area contributed by atoms with Gasteiger partial charge in [-0.15, -0.1) is 0 Å². The third-order valence-electron chi connectivity index (χ3n) is 3.38. The van der Waals surface area contributed by atoms with Gasteiger partial charge in [-0.25, -0.2) is 17.2 Å². The van der Waals surface area contributed by atoms with Crippen LogP contribution in [0.1, 0.15) is 6.92 Å². The van der Waals surface area contributed by atoms with Crippen molar-refractivity contribution in [2.45, 2.75) is 13.0 Å². The van der Waals surface area contributed by atoms with Gasteiger partial charge in [0.15, 0.2) is 11.6 Å². The van der Waals surface area contributed by atoms with Gasteiger partial charge in [0.2, 0.25) is 15.9 Å². The number of hydrogen-bond donors (Lipinski definition) is 1. The molecule has 0 spiro atoms. The SMILES string of the molecule is CC(C(=O)Nc1cc(Cl)cc(Cl)c1)N(c1ccc(F)c(F)c1)S(C)(=O)=O. The van der Waals surface area contributed by atoms with Crippen LogP contribution in [0.5, 0.6) is 0 Å². The lowest BCUT2D eigenvalue weighted by Crippen LogP contribution is -2.45. The minimum absolute atomic E-state index is 0.182. The van der Waals surface area contributed by atoms with E-state index in [0.29, 0.717) is 10.4 Å². The van der Waals surface area contributed by atoms with Crippen molar-refractivity contribution in [3.05, 3.63) is 58.1 Å². The Balaban J connectivity index is 2.35. The highest BCUT2D eigenvalue weighted by molar-refractivity contribution is 7.92. The molecule has 1 N–H and O–H groups in total. The molecule has 0 aromatic heterocycles. The maximum absolute atomic E-state index is 13.5. The largest absolute Gasteiger partial charge is 0.324 e. The van der Waals surface area contributed by atoms with Crippen molar-refractivity contribution in [2.75, 3.05) is 15.9 Å². The Morgan fingerprint density at radius 2 is 1.65 bits per heavy atom. The number of carbonyl (C=O) groups excluding carboxylic acids is 1. The van der Waals surface area contributed by atoms with E-state index in [1.807, 2.05) is 0 Å². The van der Waals surface area contributed by atoms with Crippen LogP contribution in [0, 0.1) is 11.6 Å². The lowest BCUT2D eigenvalue weighted by Gasteiger charge is -2.28. The summed E-state index contributed by atoms with van der Waals surface area (Å²) in [6.07, 6.45) is 0.855. The van der Waals surface area contributed by atoms with Gasteiger partial charge in [0.1, 0.15) is 6.04 Å². The Kier molecular flexibility index (Phi) is 6.10. The molecular weight excluding hydrogens is 409 g/mol. The molecule has 0 fully saturated rings. The Morgan fingerprint density at radius 3 is 2.15 bits per heavy atom. The van der Waals surface area contributed by atoms with Crippen LogP contribution >= 0.6 is 23.2 Å². The van der Waals surface area contributed by atoms with Crippen LogP contribution in [0.15, 0.2) is 36.4 Å². The van der Waals surface area contributed by atoms with E-state index >= 15 is 0 Å². The van der Waals surface area contributed by atoms with E-state index in [2.05, 4.69) is 5.32 Å². The number of anilines is 2. The highest BCUT2D eigenvalue weighted by Crippen LogP contribution is 2.25. The van der Waals surface area contributed by atoms with Gasteiger partial charge in [0.25, 0.3) is 0 Å². The number of rotatable bonds is 5. The maximum atomic E-state index is 13.5. The normalized spacial score (nSPS) is 12.5. The molecule has 0 saturated carbocycles. The molecule has 5 nitrogen and oxygen atoms in total. The lowest BCUT2D eigenvalue weighted by atomic mass is 10.2. The van der Waals surface area contributed by atoms with Gasteiger partial charge in [-0.3, -0.25) is 9.10 Å². The number of sulfonamides is 1. The topological polar surface area (TPSA) is 66.5 Å². The number of hydrogen-bond acceptors (Lipinski definition) is 3. The van der Waals surface area contributed by atoms with E-state index in [9.17, 15) is 22.0 Å². The predicted molar refractivity (Wildman–Crippen MR) is 98.2 cm³/mol. The van der Waals surface area contributed by atoms with Crippen LogP contribution in [0.25, 0.3) is 0 Å². The van der Waals surface area contributed by atoms with Crippen molar-refractivity contribution in [1.82, 2.24) is 0 Å². The molecule has 1 unspecified atom stereocenters. The van der Waals surface area contributed by atoms with Gasteiger partial charge in [-0.2, -0.15) is 0 Å². The fourth-order valence-corrected chi connectivity index (χ4v) is 4.00. The van der Waals surface area contributed by atoms with Crippen molar-refractivity contribution in [1.29, 1.82) is 0 Å². The number of carbonyl (C=O) groups is 1. The quantitative estimate of drug-likeness (QED) is 0.789. The molecule has 0 heterocycles. The van der Waals surface area contributed by atoms with E-state index in [4.69, 9.17) is 23.2 Å². The number of nitrogens with zero attached hydrogens (tertiary/aromatic N) is 1. The first-order chi connectivity index (χ1) is 12.0. The van der Waals surface area contributed by atoms with Crippen LogP contribution in [-0.4, -0.2) is 26.6 Å². The fraction of sp³-hybridized carbons (Fsp3) is 0.188. The number of amides is 1. The first-order valence-corrected chi connectivity index (χ1v) is 9.81. The molecule has 2 aromatic rings. The second-order valence-corrected chi connectivity index (χ2v) is 8.21. The van der Waals surface area contributed by atoms with Crippen molar-refractivity contribution >= 4 is 50.5 Å². The van der Waals surface area contributed by atoms with E-state index in [-0.39, 0.29) is 21.4 Å². The van der Waals surface area contributed by atoms with Gasteiger partial charge in [-0.05, 0) is 37.3 Å². The number of benzene rings is 2. The minimum atomic E-state index is -3.97. The van der Waals surface area contributed by atoms with E-state index < -0.39 is 33.6 Å². The minimum Gasteiger partial charge on any atom is -0.324 e. The molecule has 0 radical (unpaired) electrons. The zero-order chi connectivity index (χ0) is 19.6. The molecule has 0 aliphatic carbocycles. The lowest BCUT2D eigenvalue weighted by molar-refractivity contribution is -0.116. The summed E-state index contributed by atoms with van der Waals surface area (Å²) in [6, 6.07) is 5.63. The van der Waals surface area contributed by atoms with Gasteiger partial charge < -0.3 is 5.32 Å². The second kappa shape index (κ2) is 7.77. The zero-order valence-electron chi connectivity index (χ0n) is 13.6.